The Hall–Kier alpha value is -2.23. The summed E-state index contributed by atoms with van der Waals surface area (Å²) in [5, 5.41) is 3.09. The molecule has 0 heterocycles. The van der Waals surface area contributed by atoms with Gasteiger partial charge in [-0.3, -0.25) is 0 Å². The van der Waals surface area contributed by atoms with Gasteiger partial charge in [-0.15, -0.1) is 0 Å². The van der Waals surface area contributed by atoms with Crippen molar-refractivity contribution in [1.82, 2.24) is 0 Å². The van der Waals surface area contributed by atoms with E-state index in [4.69, 9.17) is 10.5 Å². The van der Waals surface area contributed by atoms with E-state index in [0.29, 0.717) is 18.0 Å². The molecule has 0 unspecified atom stereocenters. The van der Waals surface area contributed by atoms with E-state index >= 15 is 0 Å². The molecule has 0 aliphatic rings. The molecule has 0 amide bonds. The molecule has 0 bridgehead atoms. The first-order chi connectivity index (χ1) is 9.17. The van der Waals surface area contributed by atoms with Crippen LogP contribution in [0.4, 0.5) is 21.5 Å². The number of nitrogens with one attached hydrogen (secondary N) is 1. The molecule has 0 fully saturated rings. The number of halogens is 1. The minimum absolute atomic E-state index is 0.356. The van der Waals surface area contributed by atoms with E-state index in [1.165, 1.54) is 12.1 Å². The number of benzene rings is 2. The summed E-state index contributed by atoms with van der Waals surface area (Å²) in [6.45, 7) is 2.76. The van der Waals surface area contributed by atoms with Crippen molar-refractivity contribution in [3.05, 3.63) is 48.3 Å². The summed E-state index contributed by atoms with van der Waals surface area (Å²) in [6, 6.07) is 11.9. The number of ether oxygens (including phenoxy) is 1. The average molecular weight is 260 g/mol. The molecule has 2 rings (SSSR count). The first-order valence-corrected chi connectivity index (χ1v) is 6.23. The van der Waals surface area contributed by atoms with Crippen LogP contribution in [0.25, 0.3) is 0 Å². The van der Waals surface area contributed by atoms with Crippen LogP contribution in [0.1, 0.15) is 13.3 Å². The van der Waals surface area contributed by atoms with Crippen LogP contribution in [0, 0.1) is 5.82 Å². The Morgan fingerprint density at radius 1 is 1.11 bits per heavy atom. The van der Waals surface area contributed by atoms with Crippen molar-refractivity contribution in [3.63, 3.8) is 0 Å². The molecular weight excluding hydrogens is 243 g/mol. The highest BCUT2D eigenvalue weighted by Gasteiger charge is 2.00. The Kier molecular flexibility index (Phi) is 4.23. The third-order valence-corrected chi connectivity index (χ3v) is 2.54. The predicted molar refractivity (Wildman–Crippen MR) is 76.3 cm³/mol. The quantitative estimate of drug-likeness (QED) is 0.800. The molecular formula is C15H17FN2O. The largest absolute Gasteiger partial charge is 0.494 e. The molecule has 0 saturated heterocycles. The molecule has 0 spiro atoms. The Labute approximate surface area is 112 Å². The van der Waals surface area contributed by atoms with Crippen LogP contribution in [-0.2, 0) is 0 Å². The molecule has 2 aromatic carbocycles. The van der Waals surface area contributed by atoms with E-state index in [-0.39, 0.29) is 5.82 Å². The lowest BCUT2D eigenvalue weighted by Crippen LogP contribution is -1.96. The number of hydrogen-bond donors (Lipinski definition) is 2. The zero-order valence-corrected chi connectivity index (χ0v) is 10.8. The van der Waals surface area contributed by atoms with E-state index in [0.717, 1.165) is 17.9 Å². The average Bonchev–Trinajstić information content (AvgIpc) is 2.37. The summed E-state index contributed by atoms with van der Waals surface area (Å²) < 4.78 is 18.7. The number of nitrogen functional groups attached to an aromatic ring is 1. The lowest BCUT2D eigenvalue weighted by molar-refractivity contribution is 0.317. The van der Waals surface area contributed by atoms with Crippen LogP contribution >= 0.6 is 0 Å². The number of nitrogens with two attached hydrogens (primary N) is 1. The van der Waals surface area contributed by atoms with Gasteiger partial charge >= 0.3 is 0 Å². The first kappa shape index (κ1) is 13.2. The standard InChI is InChI=1S/C15H17FN2O/c1-2-7-19-15-5-3-13(4-6-15)18-14-9-11(16)8-12(17)10-14/h3-6,8-10,18H,2,7,17H2,1H3. The lowest BCUT2D eigenvalue weighted by atomic mass is 10.2. The third-order valence-electron chi connectivity index (χ3n) is 2.54. The molecule has 4 heteroatoms. The van der Waals surface area contributed by atoms with Gasteiger partial charge in [0.1, 0.15) is 11.6 Å². The molecule has 3 N–H and O–H groups in total. The predicted octanol–water partition coefficient (Wildman–Crippen LogP) is 3.94. The summed E-state index contributed by atoms with van der Waals surface area (Å²) in [5.41, 5.74) is 7.47. The van der Waals surface area contributed by atoms with Gasteiger partial charge in [0.25, 0.3) is 0 Å². The van der Waals surface area contributed by atoms with Gasteiger partial charge in [-0.25, -0.2) is 4.39 Å². The molecule has 3 nitrogen and oxygen atoms in total. The van der Waals surface area contributed by atoms with Gasteiger partial charge in [-0.1, -0.05) is 6.92 Å². The van der Waals surface area contributed by atoms with Crippen LogP contribution in [-0.4, -0.2) is 6.61 Å². The summed E-state index contributed by atoms with van der Waals surface area (Å²) in [4.78, 5) is 0. The SMILES string of the molecule is CCCOc1ccc(Nc2cc(N)cc(F)c2)cc1. The van der Waals surface area contributed by atoms with Gasteiger partial charge in [0, 0.05) is 17.1 Å². The van der Waals surface area contributed by atoms with Crippen molar-refractivity contribution in [2.75, 3.05) is 17.7 Å². The van der Waals surface area contributed by atoms with E-state index in [2.05, 4.69) is 12.2 Å². The van der Waals surface area contributed by atoms with E-state index in [1.54, 1.807) is 6.07 Å². The molecule has 0 radical (unpaired) electrons. The monoisotopic (exact) mass is 260 g/mol. The molecule has 0 aliphatic carbocycles. The van der Waals surface area contributed by atoms with Crippen molar-refractivity contribution >= 4 is 17.1 Å². The van der Waals surface area contributed by atoms with Crippen LogP contribution in [0.2, 0.25) is 0 Å². The highest BCUT2D eigenvalue weighted by atomic mass is 19.1. The minimum Gasteiger partial charge on any atom is -0.494 e. The molecule has 0 aromatic heterocycles. The van der Waals surface area contributed by atoms with E-state index < -0.39 is 0 Å². The van der Waals surface area contributed by atoms with Crippen molar-refractivity contribution in [2.24, 2.45) is 0 Å². The Morgan fingerprint density at radius 2 is 1.84 bits per heavy atom. The normalized spacial score (nSPS) is 10.2. The van der Waals surface area contributed by atoms with E-state index in [1.807, 2.05) is 24.3 Å². The Morgan fingerprint density at radius 3 is 2.47 bits per heavy atom. The third kappa shape index (κ3) is 3.88. The van der Waals surface area contributed by atoms with Crippen LogP contribution in [0.3, 0.4) is 0 Å². The molecule has 0 saturated carbocycles. The van der Waals surface area contributed by atoms with Crippen molar-refractivity contribution in [2.45, 2.75) is 13.3 Å². The minimum atomic E-state index is -0.356. The molecule has 100 valence electrons. The maximum Gasteiger partial charge on any atom is 0.127 e. The van der Waals surface area contributed by atoms with Crippen molar-refractivity contribution < 1.29 is 9.13 Å². The van der Waals surface area contributed by atoms with Crippen LogP contribution in [0.15, 0.2) is 42.5 Å². The summed E-state index contributed by atoms with van der Waals surface area (Å²) in [5.74, 6) is 0.469. The maximum atomic E-state index is 13.2. The zero-order valence-electron chi connectivity index (χ0n) is 10.8. The van der Waals surface area contributed by atoms with Gasteiger partial charge in [-0.05, 0) is 48.9 Å². The smallest absolute Gasteiger partial charge is 0.127 e. The van der Waals surface area contributed by atoms with Gasteiger partial charge in [0.2, 0.25) is 0 Å². The number of hydrogen-bond acceptors (Lipinski definition) is 3. The van der Waals surface area contributed by atoms with Crippen molar-refractivity contribution in [3.8, 4) is 5.75 Å². The van der Waals surface area contributed by atoms with Crippen molar-refractivity contribution in [1.29, 1.82) is 0 Å². The summed E-state index contributed by atoms with van der Waals surface area (Å²) in [7, 11) is 0. The van der Waals surface area contributed by atoms with Gasteiger partial charge in [0.05, 0.1) is 6.61 Å². The fourth-order valence-electron chi connectivity index (χ4n) is 1.71. The second-order valence-corrected chi connectivity index (χ2v) is 4.27. The van der Waals surface area contributed by atoms with Gasteiger partial charge in [0.15, 0.2) is 0 Å². The second kappa shape index (κ2) is 6.09. The van der Waals surface area contributed by atoms with Crippen LogP contribution < -0.4 is 15.8 Å². The summed E-state index contributed by atoms with van der Waals surface area (Å²) in [6.07, 6.45) is 0.975. The molecule has 2 aromatic rings. The topological polar surface area (TPSA) is 47.3 Å². The molecule has 0 atom stereocenters. The fraction of sp³-hybridized carbons (Fsp3) is 0.200. The van der Waals surface area contributed by atoms with Gasteiger partial charge in [-0.2, -0.15) is 0 Å². The summed E-state index contributed by atoms with van der Waals surface area (Å²) >= 11 is 0. The van der Waals surface area contributed by atoms with Crippen LogP contribution in [0.5, 0.6) is 5.75 Å². The molecule has 0 aliphatic heterocycles. The first-order valence-electron chi connectivity index (χ1n) is 6.23. The number of rotatable bonds is 5. The molecule has 19 heavy (non-hydrogen) atoms. The highest BCUT2D eigenvalue weighted by molar-refractivity contribution is 5.64. The zero-order chi connectivity index (χ0) is 13.7. The fourth-order valence-corrected chi connectivity index (χ4v) is 1.71. The number of anilines is 3. The highest BCUT2D eigenvalue weighted by Crippen LogP contribution is 2.22. The maximum absolute atomic E-state index is 13.2. The second-order valence-electron chi connectivity index (χ2n) is 4.27. The lowest BCUT2D eigenvalue weighted by Gasteiger charge is -2.09. The van der Waals surface area contributed by atoms with Gasteiger partial charge < -0.3 is 15.8 Å². The Bertz CT molecular complexity index is 520. The Balaban J connectivity index is 2.06. The van der Waals surface area contributed by atoms with E-state index in [9.17, 15) is 4.39 Å².